The zero-order valence-electron chi connectivity index (χ0n) is 10.8. The fourth-order valence-electron chi connectivity index (χ4n) is 1.60. The van der Waals surface area contributed by atoms with Gasteiger partial charge in [-0.2, -0.15) is 0 Å². The molecular weight excluding hydrogens is 242 g/mol. The lowest BCUT2D eigenvalue weighted by molar-refractivity contribution is 0.0963. The lowest BCUT2D eigenvalue weighted by Crippen LogP contribution is -2.17. The van der Waals surface area contributed by atoms with Gasteiger partial charge in [-0.15, -0.1) is 0 Å². The summed E-state index contributed by atoms with van der Waals surface area (Å²) in [6.45, 7) is 1.84. The van der Waals surface area contributed by atoms with Crippen LogP contribution < -0.4 is 15.8 Å². The Kier molecular flexibility index (Phi) is 3.66. The summed E-state index contributed by atoms with van der Waals surface area (Å²) in [6.07, 6.45) is 1.69. The molecule has 2 aromatic rings. The van der Waals surface area contributed by atoms with E-state index in [0.717, 1.165) is 5.69 Å². The van der Waals surface area contributed by atoms with Crippen molar-refractivity contribution >= 4 is 11.6 Å². The van der Waals surface area contributed by atoms with Gasteiger partial charge < -0.3 is 15.8 Å². The van der Waals surface area contributed by atoms with Crippen LogP contribution in [0.25, 0.3) is 0 Å². The van der Waals surface area contributed by atoms with Gasteiger partial charge in [-0.3, -0.25) is 9.78 Å². The van der Waals surface area contributed by atoms with Crippen LogP contribution in [0.3, 0.4) is 0 Å². The van der Waals surface area contributed by atoms with Crippen molar-refractivity contribution in [3.63, 3.8) is 0 Å². The van der Waals surface area contributed by atoms with Gasteiger partial charge in [0.25, 0.3) is 5.91 Å². The first-order valence-electron chi connectivity index (χ1n) is 5.83. The lowest BCUT2D eigenvalue weighted by atomic mass is 10.2. The minimum atomic E-state index is -0.187. The molecule has 0 atom stereocenters. The molecular formula is C14H15N3O2. The number of nitrogens with zero attached hydrogens (tertiary/aromatic N) is 1. The molecule has 0 saturated carbocycles. The van der Waals surface area contributed by atoms with Crippen LogP contribution in [-0.4, -0.2) is 17.9 Å². The van der Waals surface area contributed by atoms with Crippen LogP contribution in [0.5, 0.6) is 11.5 Å². The van der Waals surface area contributed by atoms with E-state index >= 15 is 0 Å². The molecule has 2 rings (SSSR count). The first-order chi connectivity index (χ1) is 9.11. The second-order valence-electron chi connectivity index (χ2n) is 4.02. The number of rotatable bonds is 3. The molecule has 0 radical (unpaired) electrons. The summed E-state index contributed by atoms with van der Waals surface area (Å²) in [4.78, 5) is 15.7. The Morgan fingerprint density at radius 1 is 1.32 bits per heavy atom. The minimum Gasteiger partial charge on any atom is -0.453 e. The maximum Gasteiger partial charge on any atom is 0.251 e. The molecule has 19 heavy (non-hydrogen) atoms. The van der Waals surface area contributed by atoms with Gasteiger partial charge in [-0.05, 0) is 37.3 Å². The molecule has 98 valence electrons. The molecule has 5 heteroatoms. The topological polar surface area (TPSA) is 77.2 Å². The number of nitrogens with two attached hydrogens (primary N) is 1. The molecule has 1 amide bonds. The van der Waals surface area contributed by atoms with Crippen LogP contribution in [-0.2, 0) is 0 Å². The Hall–Kier alpha value is -2.56. The average Bonchev–Trinajstić information content (AvgIpc) is 2.42. The van der Waals surface area contributed by atoms with Gasteiger partial charge in [0.2, 0.25) is 0 Å². The number of carbonyl (C=O) groups is 1. The highest BCUT2D eigenvalue weighted by Gasteiger charge is 2.09. The number of ether oxygens (including phenoxy) is 1. The minimum absolute atomic E-state index is 0.187. The largest absolute Gasteiger partial charge is 0.453 e. The van der Waals surface area contributed by atoms with Crippen LogP contribution >= 0.6 is 0 Å². The third-order valence-corrected chi connectivity index (χ3v) is 2.68. The maximum absolute atomic E-state index is 11.6. The first-order valence-corrected chi connectivity index (χ1v) is 5.83. The van der Waals surface area contributed by atoms with E-state index in [1.165, 1.54) is 0 Å². The van der Waals surface area contributed by atoms with E-state index in [0.29, 0.717) is 22.7 Å². The van der Waals surface area contributed by atoms with Gasteiger partial charge in [0.15, 0.2) is 5.75 Å². The predicted molar refractivity (Wildman–Crippen MR) is 73.3 cm³/mol. The second-order valence-corrected chi connectivity index (χ2v) is 4.02. The zero-order valence-corrected chi connectivity index (χ0v) is 10.8. The molecule has 0 spiro atoms. The van der Waals surface area contributed by atoms with Gasteiger partial charge in [-0.1, -0.05) is 0 Å². The van der Waals surface area contributed by atoms with Gasteiger partial charge in [-0.25, -0.2) is 0 Å². The molecule has 0 aliphatic heterocycles. The Bertz CT molecular complexity index is 611. The summed E-state index contributed by atoms with van der Waals surface area (Å²) in [6, 6.07) is 8.48. The fraction of sp³-hybridized carbons (Fsp3) is 0.143. The van der Waals surface area contributed by atoms with Crippen molar-refractivity contribution in [2.75, 3.05) is 12.8 Å². The number of amides is 1. The highest BCUT2D eigenvalue weighted by Crippen LogP contribution is 2.29. The summed E-state index contributed by atoms with van der Waals surface area (Å²) in [5, 5.41) is 2.56. The molecule has 5 nitrogen and oxygen atoms in total. The third-order valence-electron chi connectivity index (χ3n) is 2.68. The van der Waals surface area contributed by atoms with E-state index < -0.39 is 0 Å². The van der Waals surface area contributed by atoms with Crippen molar-refractivity contribution in [1.82, 2.24) is 10.3 Å². The molecule has 0 aliphatic carbocycles. The standard InChI is InChI=1S/C14H15N3O2/c1-9-12(4-3-7-17-9)19-13-8-10(14(18)16-2)5-6-11(13)15/h3-8H,15H2,1-2H3,(H,16,18). The van der Waals surface area contributed by atoms with Gasteiger partial charge in [0.1, 0.15) is 5.75 Å². The van der Waals surface area contributed by atoms with Crippen LogP contribution in [0.15, 0.2) is 36.5 Å². The van der Waals surface area contributed by atoms with Crippen molar-refractivity contribution in [2.45, 2.75) is 6.92 Å². The summed E-state index contributed by atoms with van der Waals surface area (Å²) < 4.78 is 5.71. The van der Waals surface area contributed by atoms with Gasteiger partial charge in [0.05, 0.1) is 11.4 Å². The molecule has 3 N–H and O–H groups in total. The molecule has 0 unspecified atom stereocenters. The van der Waals surface area contributed by atoms with Crippen molar-refractivity contribution in [2.24, 2.45) is 0 Å². The number of benzene rings is 1. The smallest absolute Gasteiger partial charge is 0.251 e. The fourth-order valence-corrected chi connectivity index (χ4v) is 1.60. The number of nitrogens with one attached hydrogen (secondary N) is 1. The number of hydrogen-bond acceptors (Lipinski definition) is 4. The number of hydrogen-bond donors (Lipinski definition) is 2. The number of carbonyl (C=O) groups excluding carboxylic acids is 1. The van der Waals surface area contributed by atoms with Crippen molar-refractivity contribution in [3.8, 4) is 11.5 Å². The van der Waals surface area contributed by atoms with E-state index in [-0.39, 0.29) is 5.91 Å². The third kappa shape index (κ3) is 2.82. The van der Waals surface area contributed by atoms with Gasteiger partial charge >= 0.3 is 0 Å². The number of aryl methyl sites for hydroxylation is 1. The summed E-state index contributed by atoms with van der Waals surface area (Å²) in [5.41, 5.74) is 7.57. The SMILES string of the molecule is CNC(=O)c1ccc(N)c(Oc2cccnc2C)c1. The normalized spacial score (nSPS) is 10.0. The molecule has 0 saturated heterocycles. The molecule has 1 aromatic carbocycles. The molecule has 0 aliphatic rings. The van der Waals surface area contributed by atoms with E-state index in [1.807, 2.05) is 6.92 Å². The Balaban J connectivity index is 2.34. The lowest BCUT2D eigenvalue weighted by Gasteiger charge is -2.11. The Morgan fingerprint density at radius 3 is 2.79 bits per heavy atom. The van der Waals surface area contributed by atoms with E-state index in [2.05, 4.69) is 10.3 Å². The monoisotopic (exact) mass is 257 g/mol. The van der Waals surface area contributed by atoms with Crippen LogP contribution in [0, 0.1) is 6.92 Å². The number of pyridine rings is 1. The highest BCUT2D eigenvalue weighted by atomic mass is 16.5. The summed E-state index contributed by atoms with van der Waals surface area (Å²) >= 11 is 0. The van der Waals surface area contributed by atoms with E-state index in [4.69, 9.17) is 10.5 Å². The van der Waals surface area contributed by atoms with E-state index in [1.54, 1.807) is 43.6 Å². The molecule has 1 aromatic heterocycles. The number of anilines is 1. The van der Waals surface area contributed by atoms with Crippen molar-refractivity contribution in [3.05, 3.63) is 47.8 Å². The zero-order chi connectivity index (χ0) is 13.8. The van der Waals surface area contributed by atoms with Crippen LogP contribution in [0.1, 0.15) is 16.1 Å². The van der Waals surface area contributed by atoms with Crippen LogP contribution in [0.2, 0.25) is 0 Å². The number of nitrogen functional groups attached to an aromatic ring is 1. The molecule has 1 heterocycles. The maximum atomic E-state index is 11.6. The second kappa shape index (κ2) is 5.39. The van der Waals surface area contributed by atoms with E-state index in [9.17, 15) is 4.79 Å². The summed E-state index contributed by atoms with van der Waals surface area (Å²) in [7, 11) is 1.57. The number of aromatic nitrogens is 1. The molecule has 0 fully saturated rings. The highest BCUT2D eigenvalue weighted by molar-refractivity contribution is 5.95. The van der Waals surface area contributed by atoms with Crippen molar-refractivity contribution < 1.29 is 9.53 Å². The summed E-state index contributed by atoms with van der Waals surface area (Å²) in [5.74, 6) is 0.869. The Morgan fingerprint density at radius 2 is 2.11 bits per heavy atom. The van der Waals surface area contributed by atoms with Crippen molar-refractivity contribution in [1.29, 1.82) is 0 Å². The van der Waals surface area contributed by atoms with Gasteiger partial charge in [0, 0.05) is 18.8 Å². The first kappa shape index (κ1) is 12.9. The van der Waals surface area contributed by atoms with Crippen LogP contribution in [0.4, 0.5) is 5.69 Å². The predicted octanol–water partition coefficient (Wildman–Crippen LogP) is 2.12. The molecule has 0 bridgehead atoms. The quantitative estimate of drug-likeness (QED) is 0.826. The average molecular weight is 257 g/mol. The Labute approximate surface area is 111 Å².